The fraction of sp³-hybridized carbons (Fsp3) is 0.133. The van der Waals surface area contributed by atoms with Gasteiger partial charge in [0.1, 0.15) is 4.99 Å². The lowest BCUT2D eigenvalue weighted by atomic mass is 10.1. The molecule has 0 radical (unpaired) electrons. The molecule has 2 nitrogen and oxygen atoms in total. The summed E-state index contributed by atoms with van der Waals surface area (Å²) in [7, 11) is 1.78. The summed E-state index contributed by atoms with van der Waals surface area (Å²) in [6.07, 6.45) is 0. The first-order chi connectivity index (χ1) is 9.50. The van der Waals surface area contributed by atoms with Crippen LogP contribution in [0, 0.1) is 11.6 Å². The van der Waals surface area contributed by atoms with Crippen molar-refractivity contribution in [3.05, 3.63) is 65.2 Å². The summed E-state index contributed by atoms with van der Waals surface area (Å²) >= 11 is 5.00. The van der Waals surface area contributed by atoms with Crippen molar-refractivity contribution in [1.29, 1.82) is 0 Å². The summed E-state index contributed by atoms with van der Waals surface area (Å²) < 4.78 is 26.9. The Hall–Kier alpha value is -2.01. The molecule has 2 aromatic carbocycles. The highest BCUT2D eigenvalue weighted by Crippen LogP contribution is 2.22. The molecule has 2 rings (SSSR count). The zero-order valence-corrected chi connectivity index (χ0v) is 11.8. The summed E-state index contributed by atoms with van der Waals surface area (Å²) in [5.41, 5.74) is 7.44. The van der Waals surface area contributed by atoms with Crippen LogP contribution in [-0.2, 0) is 6.54 Å². The summed E-state index contributed by atoms with van der Waals surface area (Å²) in [6, 6.07) is 11.5. The van der Waals surface area contributed by atoms with Gasteiger partial charge in [0.05, 0.1) is 0 Å². The summed E-state index contributed by atoms with van der Waals surface area (Å²) in [6.45, 7) is 0.225. The van der Waals surface area contributed by atoms with Gasteiger partial charge in [-0.3, -0.25) is 0 Å². The largest absolute Gasteiger partial charge is 0.389 e. The molecule has 0 bridgehead atoms. The Labute approximate surface area is 121 Å². The second-order valence-corrected chi connectivity index (χ2v) is 4.89. The van der Waals surface area contributed by atoms with Gasteiger partial charge in [0.2, 0.25) is 0 Å². The monoisotopic (exact) mass is 292 g/mol. The van der Waals surface area contributed by atoms with E-state index in [2.05, 4.69) is 0 Å². The first-order valence-corrected chi connectivity index (χ1v) is 6.44. The molecular weight excluding hydrogens is 278 g/mol. The van der Waals surface area contributed by atoms with Crippen LogP contribution in [0.25, 0.3) is 0 Å². The summed E-state index contributed by atoms with van der Waals surface area (Å²) in [5, 5.41) is 0. The van der Waals surface area contributed by atoms with Gasteiger partial charge in [-0.25, -0.2) is 8.78 Å². The van der Waals surface area contributed by atoms with Crippen molar-refractivity contribution in [1.82, 2.24) is 0 Å². The molecule has 5 heteroatoms. The Morgan fingerprint density at radius 3 is 2.55 bits per heavy atom. The predicted octanol–water partition coefficient (Wildman–Crippen LogP) is 3.24. The number of thiocarbonyl (C=S) groups is 1. The third-order valence-corrected chi connectivity index (χ3v) is 3.24. The molecule has 0 aliphatic rings. The van der Waals surface area contributed by atoms with Gasteiger partial charge in [-0.15, -0.1) is 0 Å². The third-order valence-electron chi connectivity index (χ3n) is 3.02. The summed E-state index contributed by atoms with van der Waals surface area (Å²) in [5.74, 6) is -1.68. The molecule has 0 heterocycles. The second-order valence-electron chi connectivity index (χ2n) is 4.45. The van der Waals surface area contributed by atoms with Gasteiger partial charge in [0.15, 0.2) is 11.6 Å². The molecule has 0 fully saturated rings. The molecule has 2 aromatic rings. The van der Waals surface area contributed by atoms with Crippen molar-refractivity contribution >= 4 is 22.9 Å². The molecule has 2 N–H and O–H groups in total. The third kappa shape index (κ3) is 2.93. The van der Waals surface area contributed by atoms with Gasteiger partial charge >= 0.3 is 0 Å². The first-order valence-electron chi connectivity index (χ1n) is 6.03. The lowest BCUT2D eigenvalue weighted by molar-refractivity contribution is 0.498. The van der Waals surface area contributed by atoms with Crippen LogP contribution in [0.5, 0.6) is 0 Å². The van der Waals surface area contributed by atoms with E-state index >= 15 is 0 Å². The number of hydrogen-bond acceptors (Lipinski definition) is 2. The van der Waals surface area contributed by atoms with Crippen LogP contribution in [0.15, 0.2) is 42.5 Å². The van der Waals surface area contributed by atoms with Gasteiger partial charge in [0, 0.05) is 30.4 Å². The average molecular weight is 292 g/mol. The second kappa shape index (κ2) is 5.96. The number of benzene rings is 2. The standard InChI is InChI=1S/C15H14F2N2S/c1-19(9-10-5-4-7-12(16)14(10)17)13-8-3-2-6-11(13)15(18)20/h2-8H,9H2,1H3,(H2,18,20). The molecule has 0 amide bonds. The SMILES string of the molecule is CN(Cc1cccc(F)c1F)c1ccccc1C(N)=S. The fourth-order valence-electron chi connectivity index (χ4n) is 2.03. The Kier molecular flexibility index (Phi) is 4.29. The number of para-hydroxylation sites is 1. The van der Waals surface area contributed by atoms with Crippen LogP contribution in [-0.4, -0.2) is 12.0 Å². The lowest BCUT2D eigenvalue weighted by Gasteiger charge is -2.22. The molecule has 0 unspecified atom stereocenters. The van der Waals surface area contributed by atoms with Crippen molar-refractivity contribution in [3.8, 4) is 0 Å². The number of rotatable bonds is 4. The van der Waals surface area contributed by atoms with E-state index in [4.69, 9.17) is 18.0 Å². The number of nitrogens with two attached hydrogens (primary N) is 1. The first kappa shape index (κ1) is 14.4. The van der Waals surface area contributed by atoms with Gasteiger partial charge < -0.3 is 10.6 Å². The van der Waals surface area contributed by atoms with E-state index in [1.54, 1.807) is 24.1 Å². The highest BCUT2D eigenvalue weighted by Gasteiger charge is 2.13. The van der Waals surface area contributed by atoms with E-state index in [0.717, 1.165) is 11.8 Å². The number of anilines is 1. The molecule has 0 saturated carbocycles. The highest BCUT2D eigenvalue weighted by molar-refractivity contribution is 7.80. The lowest BCUT2D eigenvalue weighted by Crippen LogP contribution is -2.22. The molecule has 0 aliphatic heterocycles. The minimum Gasteiger partial charge on any atom is -0.389 e. The zero-order valence-electron chi connectivity index (χ0n) is 10.9. The van der Waals surface area contributed by atoms with Gasteiger partial charge in [0.25, 0.3) is 0 Å². The number of hydrogen-bond donors (Lipinski definition) is 1. The highest BCUT2D eigenvalue weighted by atomic mass is 32.1. The molecule has 20 heavy (non-hydrogen) atoms. The van der Waals surface area contributed by atoms with Gasteiger partial charge in [-0.2, -0.15) is 0 Å². The van der Waals surface area contributed by atoms with Crippen LogP contribution < -0.4 is 10.6 Å². The molecule has 104 valence electrons. The van der Waals surface area contributed by atoms with E-state index in [0.29, 0.717) is 5.56 Å². The topological polar surface area (TPSA) is 29.3 Å². The molecule has 0 aromatic heterocycles. The Balaban J connectivity index is 2.31. The minimum absolute atomic E-state index is 0.225. The van der Waals surface area contributed by atoms with Crippen LogP contribution in [0.3, 0.4) is 0 Å². The van der Waals surface area contributed by atoms with E-state index in [-0.39, 0.29) is 17.1 Å². The maximum Gasteiger partial charge on any atom is 0.163 e. The Morgan fingerprint density at radius 2 is 1.85 bits per heavy atom. The average Bonchev–Trinajstić information content (AvgIpc) is 2.43. The quantitative estimate of drug-likeness (QED) is 0.877. The minimum atomic E-state index is -0.849. The van der Waals surface area contributed by atoms with Crippen molar-refractivity contribution in [2.45, 2.75) is 6.54 Å². The van der Waals surface area contributed by atoms with E-state index in [1.165, 1.54) is 6.07 Å². The van der Waals surface area contributed by atoms with E-state index in [1.807, 2.05) is 18.2 Å². The van der Waals surface area contributed by atoms with Crippen LogP contribution in [0.4, 0.5) is 14.5 Å². The molecule has 0 spiro atoms. The van der Waals surface area contributed by atoms with Gasteiger partial charge in [-0.05, 0) is 18.2 Å². The maximum atomic E-state index is 13.7. The van der Waals surface area contributed by atoms with Crippen molar-refractivity contribution in [3.63, 3.8) is 0 Å². The maximum absolute atomic E-state index is 13.7. The Morgan fingerprint density at radius 1 is 1.15 bits per heavy atom. The molecular formula is C15H14F2N2S. The van der Waals surface area contributed by atoms with Crippen LogP contribution >= 0.6 is 12.2 Å². The molecule has 0 atom stereocenters. The predicted molar refractivity (Wildman–Crippen MR) is 80.8 cm³/mol. The van der Waals surface area contributed by atoms with Gasteiger partial charge in [-0.1, -0.05) is 36.5 Å². The normalized spacial score (nSPS) is 10.3. The van der Waals surface area contributed by atoms with Crippen molar-refractivity contribution in [2.75, 3.05) is 11.9 Å². The van der Waals surface area contributed by atoms with E-state index < -0.39 is 11.6 Å². The van der Waals surface area contributed by atoms with Crippen LogP contribution in [0.1, 0.15) is 11.1 Å². The van der Waals surface area contributed by atoms with Crippen molar-refractivity contribution in [2.24, 2.45) is 5.73 Å². The fourth-order valence-corrected chi connectivity index (χ4v) is 2.20. The number of halogens is 2. The smallest absolute Gasteiger partial charge is 0.163 e. The van der Waals surface area contributed by atoms with Crippen molar-refractivity contribution < 1.29 is 8.78 Å². The van der Waals surface area contributed by atoms with Crippen LogP contribution in [0.2, 0.25) is 0 Å². The molecule has 0 aliphatic carbocycles. The zero-order chi connectivity index (χ0) is 14.7. The summed E-state index contributed by atoms with van der Waals surface area (Å²) in [4.78, 5) is 2.05. The molecule has 0 saturated heterocycles. The Bertz CT molecular complexity index is 644. The number of nitrogens with zero attached hydrogens (tertiary/aromatic N) is 1. The van der Waals surface area contributed by atoms with E-state index in [9.17, 15) is 8.78 Å².